The van der Waals surface area contributed by atoms with Gasteiger partial charge >= 0.3 is 0 Å². The molecule has 1 aromatic rings. The standard InChI is InChI=1S/C13H16N2O3/c1-13(2,3)12(16)7-9-4-5-11(15(17)18)10(6-9)8-14/h4-6,12,16H,7H2,1-3H3. The molecular weight excluding hydrogens is 232 g/mol. The van der Waals surface area contributed by atoms with Crippen molar-refractivity contribution in [3.8, 4) is 6.07 Å². The van der Waals surface area contributed by atoms with Crippen molar-refractivity contribution >= 4 is 5.69 Å². The molecule has 0 saturated heterocycles. The summed E-state index contributed by atoms with van der Waals surface area (Å²) in [6.45, 7) is 5.73. The normalized spacial score (nSPS) is 12.8. The number of nitro groups is 1. The number of aliphatic hydroxyl groups excluding tert-OH is 1. The molecule has 1 atom stereocenters. The van der Waals surface area contributed by atoms with Gasteiger partial charge in [-0.3, -0.25) is 10.1 Å². The van der Waals surface area contributed by atoms with Crippen LogP contribution < -0.4 is 0 Å². The van der Waals surface area contributed by atoms with E-state index >= 15 is 0 Å². The van der Waals surface area contributed by atoms with Crippen LogP contribution in [0.15, 0.2) is 18.2 Å². The van der Waals surface area contributed by atoms with Crippen LogP contribution >= 0.6 is 0 Å². The fourth-order valence-electron chi connectivity index (χ4n) is 1.49. The Bertz CT molecular complexity index is 498. The molecule has 0 saturated carbocycles. The predicted molar refractivity (Wildman–Crippen MR) is 67.0 cm³/mol. The van der Waals surface area contributed by atoms with Gasteiger partial charge in [0, 0.05) is 6.07 Å². The number of benzene rings is 1. The molecule has 0 amide bonds. The summed E-state index contributed by atoms with van der Waals surface area (Å²) in [5.41, 5.74) is 0.277. The van der Waals surface area contributed by atoms with Gasteiger partial charge in [0.2, 0.25) is 0 Å². The third kappa shape index (κ3) is 3.28. The Morgan fingerprint density at radius 3 is 2.56 bits per heavy atom. The number of nitriles is 1. The number of hydrogen-bond acceptors (Lipinski definition) is 4. The molecule has 0 spiro atoms. The second-order valence-electron chi connectivity index (χ2n) is 5.31. The van der Waals surface area contributed by atoms with Crippen LogP contribution in [0.25, 0.3) is 0 Å². The van der Waals surface area contributed by atoms with Crippen LogP contribution in [0.1, 0.15) is 31.9 Å². The number of nitro benzene ring substituents is 1. The first kappa shape index (κ1) is 14.1. The summed E-state index contributed by atoms with van der Waals surface area (Å²) >= 11 is 0. The van der Waals surface area contributed by atoms with Gasteiger partial charge in [-0.2, -0.15) is 5.26 Å². The van der Waals surface area contributed by atoms with Gasteiger partial charge in [-0.15, -0.1) is 0 Å². The van der Waals surface area contributed by atoms with E-state index in [1.54, 1.807) is 12.1 Å². The topological polar surface area (TPSA) is 87.2 Å². The van der Waals surface area contributed by atoms with Crippen LogP contribution in [-0.4, -0.2) is 16.1 Å². The maximum atomic E-state index is 10.7. The molecule has 1 aromatic carbocycles. The van der Waals surface area contributed by atoms with E-state index in [1.165, 1.54) is 12.1 Å². The van der Waals surface area contributed by atoms with E-state index in [2.05, 4.69) is 0 Å². The summed E-state index contributed by atoms with van der Waals surface area (Å²) in [4.78, 5) is 10.1. The summed E-state index contributed by atoms with van der Waals surface area (Å²) < 4.78 is 0. The van der Waals surface area contributed by atoms with Gasteiger partial charge < -0.3 is 5.11 Å². The largest absolute Gasteiger partial charge is 0.392 e. The van der Waals surface area contributed by atoms with Crippen molar-refractivity contribution in [3.63, 3.8) is 0 Å². The minimum absolute atomic E-state index is 0.0265. The molecule has 0 fully saturated rings. The van der Waals surface area contributed by atoms with E-state index in [-0.39, 0.29) is 16.7 Å². The van der Waals surface area contributed by atoms with Crippen molar-refractivity contribution < 1.29 is 10.0 Å². The Labute approximate surface area is 106 Å². The lowest BCUT2D eigenvalue weighted by Gasteiger charge is -2.25. The number of rotatable bonds is 3. The van der Waals surface area contributed by atoms with Crippen LogP contribution in [0, 0.1) is 26.9 Å². The van der Waals surface area contributed by atoms with Gasteiger partial charge in [-0.05, 0) is 23.5 Å². The zero-order chi connectivity index (χ0) is 13.9. The van der Waals surface area contributed by atoms with E-state index < -0.39 is 11.0 Å². The summed E-state index contributed by atoms with van der Waals surface area (Å²) in [6, 6.07) is 6.16. The van der Waals surface area contributed by atoms with Gasteiger partial charge in [0.25, 0.3) is 5.69 Å². The molecule has 1 unspecified atom stereocenters. The summed E-state index contributed by atoms with van der Waals surface area (Å²) in [5.74, 6) is 0. The van der Waals surface area contributed by atoms with Crippen LogP contribution in [0.4, 0.5) is 5.69 Å². The second-order valence-corrected chi connectivity index (χ2v) is 5.31. The maximum absolute atomic E-state index is 10.7. The molecule has 18 heavy (non-hydrogen) atoms. The molecular formula is C13H16N2O3. The Morgan fingerprint density at radius 1 is 1.50 bits per heavy atom. The van der Waals surface area contributed by atoms with E-state index in [9.17, 15) is 15.2 Å². The number of nitrogens with zero attached hydrogens (tertiary/aromatic N) is 2. The fourth-order valence-corrected chi connectivity index (χ4v) is 1.49. The fraction of sp³-hybridized carbons (Fsp3) is 0.462. The van der Waals surface area contributed by atoms with Crippen LogP contribution in [-0.2, 0) is 6.42 Å². The molecule has 0 aliphatic carbocycles. The minimum Gasteiger partial charge on any atom is -0.392 e. The molecule has 0 aliphatic heterocycles. The average Bonchev–Trinajstić information content (AvgIpc) is 2.27. The third-order valence-corrected chi connectivity index (χ3v) is 2.81. The Hall–Kier alpha value is -1.93. The zero-order valence-corrected chi connectivity index (χ0v) is 10.7. The van der Waals surface area contributed by atoms with Gasteiger partial charge in [0.1, 0.15) is 11.6 Å². The number of hydrogen-bond donors (Lipinski definition) is 1. The van der Waals surface area contributed by atoms with Crippen LogP contribution in [0.5, 0.6) is 0 Å². The number of aliphatic hydroxyl groups is 1. The smallest absolute Gasteiger partial charge is 0.287 e. The highest BCUT2D eigenvalue weighted by atomic mass is 16.6. The first-order valence-corrected chi connectivity index (χ1v) is 5.61. The zero-order valence-electron chi connectivity index (χ0n) is 10.7. The van der Waals surface area contributed by atoms with Crippen LogP contribution in [0.3, 0.4) is 0 Å². The monoisotopic (exact) mass is 248 g/mol. The van der Waals surface area contributed by atoms with Crippen LogP contribution in [0.2, 0.25) is 0 Å². The quantitative estimate of drug-likeness (QED) is 0.657. The Morgan fingerprint density at radius 2 is 2.11 bits per heavy atom. The molecule has 0 aliphatic rings. The highest BCUT2D eigenvalue weighted by Crippen LogP contribution is 2.25. The molecule has 0 heterocycles. The minimum atomic E-state index is -0.581. The van der Waals surface area contributed by atoms with Gasteiger partial charge in [0.15, 0.2) is 0 Å². The van der Waals surface area contributed by atoms with E-state index in [0.29, 0.717) is 6.42 Å². The third-order valence-electron chi connectivity index (χ3n) is 2.81. The van der Waals surface area contributed by atoms with Crippen molar-refractivity contribution in [2.75, 3.05) is 0 Å². The molecule has 96 valence electrons. The lowest BCUT2D eigenvalue weighted by molar-refractivity contribution is -0.385. The second kappa shape index (κ2) is 5.15. The molecule has 0 aromatic heterocycles. The van der Waals surface area contributed by atoms with Crippen molar-refractivity contribution in [1.82, 2.24) is 0 Å². The van der Waals surface area contributed by atoms with Crippen molar-refractivity contribution in [2.45, 2.75) is 33.3 Å². The van der Waals surface area contributed by atoms with E-state index in [0.717, 1.165) is 5.56 Å². The lowest BCUT2D eigenvalue weighted by atomic mass is 9.85. The molecule has 5 nitrogen and oxygen atoms in total. The van der Waals surface area contributed by atoms with E-state index in [1.807, 2.05) is 20.8 Å². The molecule has 1 rings (SSSR count). The highest BCUT2D eigenvalue weighted by Gasteiger charge is 2.23. The first-order valence-electron chi connectivity index (χ1n) is 5.61. The average molecular weight is 248 g/mol. The lowest BCUT2D eigenvalue weighted by Crippen LogP contribution is -2.28. The highest BCUT2D eigenvalue weighted by molar-refractivity contribution is 5.50. The predicted octanol–water partition coefficient (Wildman–Crippen LogP) is 2.42. The Balaban J connectivity index is 3.01. The molecule has 5 heteroatoms. The van der Waals surface area contributed by atoms with Crippen molar-refractivity contribution in [3.05, 3.63) is 39.4 Å². The summed E-state index contributed by atoms with van der Waals surface area (Å²) in [7, 11) is 0. The summed E-state index contributed by atoms with van der Waals surface area (Å²) in [5, 5.41) is 29.5. The van der Waals surface area contributed by atoms with E-state index in [4.69, 9.17) is 5.26 Å². The molecule has 0 radical (unpaired) electrons. The maximum Gasteiger partial charge on any atom is 0.287 e. The van der Waals surface area contributed by atoms with Gasteiger partial charge in [0.05, 0.1) is 11.0 Å². The molecule has 1 N–H and O–H groups in total. The van der Waals surface area contributed by atoms with Crippen molar-refractivity contribution in [1.29, 1.82) is 5.26 Å². The van der Waals surface area contributed by atoms with Gasteiger partial charge in [-0.1, -0.05) is 26.8 Å². The Kier molecular flexibility index (Phi) is 4.04. The summed E-state index contributed by atoms with van der Waals surface area (Å²) in [6.07, 6.45) is -0.193. The first-order chi connectivity index (χ1) is 8.25. The molecule has 0 bridgehead atoms. The van der Waals surface area contributed by atoms with Gasteiger partial charge in [-0.25, -0.2) is 0 Å². The SMILES string of the molecule is CC(C)(C)C(O)Cc1ccc([N+](=O)[O-])c(C#N)c1. The van der Waals surface area contributed by atoms with Crippen molar-refractivity contribution in [2.24, 2.45) is 5.41 Å².